The van der Waals surface area contributed by atoms with Crippen molar-refractivity contribution < 1.29 is 24.2 Å². The summed E-state index contributed by atoms with van der Waals surface area (Å²) < 4.78 is 4.76. The minimum Gasteiger partial charge on any atom is -0.481 e. The molecule has 0 aromatic heterocycles. The van der Waals surface area contributed by atoms with Gasteiger partial charge in [-0.1, -0.05) is 24.3 Å². The van der Waals surface area contributed by atoms with Gasteiger partial charge < -0.3 is 9.84 Å². The third kappa shape index (κ3) is 2.35. The van der Waals surface area contributed by atoms with Gasteiger partial charge in [0.15, 0.2) is 0 Å². The molecule has 0 fully saturated rings. The second-order valence-corrected chi connectivity index (χ2v) is 6.98. The summed E-state index contributed by atoms with van der Waals surface area (Å²) in [5.41, 5.74) is 2.58. The molecule has 1 N–H and O–H groups in total. The summed E-state index contributed by atoms with van der Waals surface area (Å²) in [6.45, 7) is 0. The number of rotatable bonds is 5. The van der Waals surface area contributed by atoms with Crippen LogP contribution in [0, 0.1) is 0 Å². The third-order valence-electron chi connectivity index (χ3n) is 4.40. The summed E-state index contributed by atoms with van der Waals surface area (Å²) in [5, 5.41) is 10.7. The van der Waals surface area contributed by atoms with Crippen molar-refractivity contribution in [3.05, 3.63) is 47.0 Å². The molecule has 130 valence electrons. The number of allylic oxidation sites excluding steroid dienone is 1. The molecule has 0 unspecified atom stereocenters. The number of fused-ring (bicyclic) bond motifs is 3. The van der Waals surface area contributed by atoms with Crippen molar-refractivity contribution in [1.82, 2.24) is 0 Å². The van der Waals surface area contributed by atoms with Crippen molar-refractivity contribution in [2.24, 2.45) is 4.99 Å². The smallest absolute Gasteiger partial charge is 0.344 e. The summed E-state index contributed by atoms with van der Waals surface area (Å²) >= 11 is 1.47. The number of thioether (sulfide) groups is 1. The molecule has 0 spiro atoms. The molecule has 0 saturated heterocycles. The largest absolute Gasteiger partial charge is 0.481 e. The fourth-order valence-electron chi connectivity index (χ4n) is 3.35. The van der Waals surface area contributed by atoms with Crippen LogP contribution in [-0.4, -0.2) is 41.5 Å². The van der Waals surface area contributed by atoms with Gasteiger partial charge in [0.25, 0.3) is 5.91 Å². The first-order chi connectivity index (χ1) is 12.5. The monoisotopic (exact) mass is 367 g/mol. The van der Waals surface area contributed by atoms with Crippen LogP contribution < -0.4 is 0 Å². The molecular formula is C19H13NO5S. The zero-order valence-electron chi connectivity index (χ0n) is 13.7. The molecule has 2 aromatic carbocycles. The van der Waals surface area contributed by atoms with Gasteiger partial charge in [0.05, 0.1) is 19.2 Å². The lowest BCUT2D eigenvalue weighted by Crippen LogP contribution is -2.11. The van der Waals surface area contributed by atoms with E-state index in [4.69, 9.17) is 9.84 Å². The molecule has 1 amide bonds. The molecule has 2 aromatic rings. The molecule has 0 radical (unpaired) electrons. The van der Waals surface area contributed by atoms with E-state index in [0.29, 0.717) is 17.0 Å². The number of carboxylic acid groups (broad SMARTS) is 1. The maximum Gasteiger partial charge on any atom is 0.344 e. The number of benzene rings is 2. The number of carbonyl (C=O) groups is 3. The van der Waals surface area contributed by atoms with Gasteiger partial charge in [-0.05, 0) is 17.0 Å². The summed E-state index contributed by atoms with van der Waals surface area (Å²) in [4.78, 5) is 40.0. The molecule has 4 rings (SSSR count). The number of esters is 1. The SMILES string of the molecule is COC(=O)C1=C2C(=NC1=O)c1cccc3c(SCCC(=O)O)ccc2c13. The maximum atomic E-state index is 12.2. The highest BCUT2D eigenvalue weighted by atomic mass is 32.2. The topological polar surface area (TPSA) is 93.0 Å². The number of nitrogens with zero attached hydrogens (tertiary/aromatic N) is 1. The van der Waals surface area contributed by atoms with Gasteiger partial charge in [-0.15, -0.1) is 11.8 Å². The van der Waals surface area contributed by atoms with E-state index >= 15 is 0 Å². The van der Waals surface area contributed by atoms with Gasteiger partial charge in [-0.3, -0.25) is 9.59 Å². The Morgan fingerprint density at radius 3 is 2.73 bits per heavy atom. The zero-order chi connectivity index (χ0) is 18.4. The number of aliphatic carboxylic acids is 1. The van der Waals surface area contributed by atoms with E-state index in [-0.39, 0.29) is 12.0 Å². The average Bonchev–Trinajstić information content (AvgIpc) is 3.11. The lowest BCUT2D eigenvalue weighted by Gasteiger charge is -2.08. The van der Waals surface area contributed by atoms with Gasteiger partial charge in [0.2, 0.25) is 0 Å². The van der Waals surface area contributed by atoms with Crippen molar-refractivity contribution in [3.63, 3.8) is 0 Å². The molecule has 0 saturated carbocycles. The minimum absolute atomic E-state index is 0.0359. The van der Waals surface area contributed by atoms with Crippen LogP contribution >= 0.6 is 11.8 Å². The second-order valence-electron chi connectivity index (χ2n) is 5.84. The number of methoxy groups -OCH3 is 1. The van der Waals surface area contributed by atoms with Gasteiger partial charge in [0, 0.05) is 27.2 Å². The number of carbonyl (C=O) groups excluding carboxylic acids is 2. The van der Waals surface area contributed by atoms with Gasteiger partial charge in [0.1, 0.15) is 5.57 Å². The minimum atomic E-state index is -0.835. The molecule has 0 bridgehead atoms. The Hall–Kier alpha value is -2.93. The maximum absolute atomic E-state index is 12.2. The first kappa shape index (κ1) is 16.5. The van der Waals surface area contributed by atoms with Gasteiger partial charge in [-0.2, -0.15) is 0 Å². The first-order valence-electron chi connectivity index (χ1n) is 7.90. The summed E-state index contributed by atoms with van der Waals surface area (Å²) in [7, 11) is 1.24. The fraction of sp³-hybridized carbons (Fsp3) is 0.158. The van der Waals surface area contributed by atoms with Gasteiger partial charge in [-0.25, -0.2) is 9.79 Å². The van der Waals surface area contributed by atoms with E-state index in [1.165, 1.54) is 18.9 Å². The van der Waals surface area contributed by atoms with Crippen molar-refractivity contribution >= 4 is 51.7 Å². The number of carboxylic acids is 1. The van der Waals surface area contributed by atoms with E-state index in [2.05, 4.69) is 4.99 Å². The number of ether oxygens (including phenoxy) is 1. The standard InChI is InChI=1S/C19H13NO5S/c1-25-19(24)16-15-10-5-6-12(26-8-7-13(21)22)9-3-2-4-11(14(9)10)17(15)20-18(16)23/h2-6H,7-8H2,1H3,(H,21,22). The quantitative estimate of drug-likeness (QED) is 0.496. The molecule has 2 aliphatic rings. The molecule has 6 nitrogen and oxygen atoms in total. The van der Waals surface area contributed by atoms with E-state index in [0.717, 1.165) is 26.8 Å². The Morgan fingerprint density at radius 2 is 2.00 bits per heavy atom. The lowest BCUT2D eigenvalue weighted by atomic mass is 10.0. The Kier molecular flexibility index (Phi) is 3.88. The summed E-state index contributed by atoms with van der Waals surface area (Å²) in [5.74, 6) is -1.64. The lowest BCUT2D eigenvalue weighted by molar-refractivity contribution is -0.138. The summed E-state index contributed by atoms with van der Waals surface area (Å²) in [6.07, 6.45) is 0.0758. The van der Waals surface area contributed by atoms with E-state index < -0.39 is 17.8 Å². The molecule has 0 atom stereocenters. The molecule has 1 aliphatic heterocycles. The molecule has 1 aliphatic carbocycles. The third-order valence-corrected chi connectivity index (χ3v) is 5.48. The number of hydrogen-bond donors (Lipinski definition) is 1. The van der Waals surface area contributed by atoms with Crippen LogP contribution in [0.15, 0.2) is 45.8 Å². The summed E-state index contributed by atoms with van der Waals surface area (Å²) in [6, 6.07) is 9.44. The number of aliphatic imine (C=N–C) groups is 1. The highest BCUT2D eigenvalue weighted by Gasteiger charge is 2.39. The highest BCUT2D eigenvalue weighted by molar-refractivity contribution is 7.99. The normalized spacial score (nSPS) is 14.7. The molecule has 1 heterocycles. The van der Waals surface area contributed by atoms with Crippen molar-refractivity contribution in [1.29, 1.82) is 0 Å². The zero-order valence-corrected chi connectivity index (χ0v) is 14.6. The predicted molar refractivity (Wildman–Crippen MR) is 97.4 cm³/mol. The van der Waals surface area contributed by atoms with Crippen LogP contribution in [0.2, 0.25) is 0 Å². The Bertz CT molecular complexity index is 1070. The van der Waals surface area contributed by atoms with Crippen molar-refractivity contribution in [2.75, 3.05) is 12.9 Å². The van der Waals surface area contributed by atoms with Crippen LogP contribution in [0.25, 0.3) is 16.3 Å². The first-order valence-corrected chi connectivity index (χ1v) is 8.88. The van der Waals surface area contributed by atoms with Crippen LogP contribution in [0.4, 0.5) is 0 Å². The fourth-order valence-corrected chi connectivity index (χ4v) is 4.33. The number of amides is 1. The second kappa shape index (κ2) is 6.10. The Morgan fingerprint density at radius 1 is 1.19 bits per heavy atom. The van der Waals surface area contributed by atoms with Crippen molar-refractivity contribution in [2.45, 2.75) is 11.3 Å². The van der Waals surface area contributed by atoms with Crippen LogP contribution in [0.5, 0.6) is 0 Å². The average molecular weight is 367 g/mol. The molecule has 26 heavy (non-hydrogen) atoms. The molecule has 7 heteroatoms. The molecular weight excluding hydrogens is 354 g/mol. The predicted octanol–water partition coefficient (Wildman–Crippen LogP) is 2.68. The van der Waals surface area contributed by atoms with Crippen LogP contribution in [0.3, 0.4) is 0 Å². The Balaban J connectivity index is 1.88. The van der Waals surface area contributed by atoms with E-state index in [9.17, 15) is 14.4 Å². The van der Waals surface area contributed by atoms with E-state index in [1.807, 2.05) is 30.3 Å². The van der Waals surface area contributed by atoms with E-state index in [1.54, 1.807) is 0 Å². The van der Waals surface area contributed by atoms with Crippen molar-refractivity contribution in [3.8, 4) is 0 Å². The van der Waals surface area contributed by atoms with Crippen LogP contribution in [-0.2, 0) is 19.1 Å². The van der Waals surface area contributed by atoms with Crippen LogP contribution in [0.1, 0.15) is 17.5 Å². The highest BCUT2D eigenvalue weighted by Crippen LogP contribution is 2.45. The Labute approximate surface area is 152 Å². The number of hydrogen-bond acceptors (Lipinski definition) is 5. The van der Waals surface area contributed by atoms with Gasteiger partial charge >= 0.3 is 11.9 Å².